The molecule has 0 saturated heterocycles. The summed E-state index contributed by atoms with van der Waals surface area (Å²) in [6.45, 7) is 0. The van der Waals surface area contributed by atoms with Crippen LogP contribution in [0.4, 0.5) is 10.8 Å². The maximum Gasteiger partial charge on any atom is 0.238 e. The normalized spacial score (nSPS) is 12.1. The van der Waals surface area contributed by atoms with Crippen LogP contribution in [-0.4, -0.2) is 28.1 Å². The van der Waals surface area contributed by atoms with E-state index in [0.29, 0.717) is 16.5 Å². The lowest BCUT2D eigenvalue weighted by Crippen LogP contribution is -2.11. The second kappa shape index (κ2) is 6.80. The molecule has 0 amide bonds. The van der Waals surface area contributed by atoms with Crippen LogP contribution in [0.15, 0.2) is 63.7 Å². The van der Waals surface area contributed by atoms with Gasteiger partial charge in [-0.2, -0.15) is 0 Å². The molecule has 2 aromatic carbocycles. The molecule has 3 N–H and O–H groups in total. The number of rotatable bonds is 5. The second-order valence-corrected chi connectivity index (χ2v) is 9.96. The zero-order valence-corrected chi connectivity index (χ0v) is 16.0. The monoisotopic (exact) mass is 409 g/mol. The highest BCUT2D eigenvalue weighted by molar-refractivity contribution is 7.90. The van der Waals surface area contributed by atoms with Gasteiger partial charge in [0, 0.05) is 22.9 Å². The summed E-state index contributed by atoms with van der Waals surface area (Å²) >= 11 is 1.38. The van der Waals surface area contributed by atoms with Gasteiger partial charge in [0.2, 0.25) is 10.0 Å². The number of thiazole rings is 1. The number of aromatic nitrogens is 1. The van der Waals surface area contributed by atoms with Crippen molar-refractivity contribution in [2.75, 3.05) is 11.6 Å². The van der Waals surface area contributed by atoms with Gasteiger partial charge in [-0.05, 0) is 36.4 Å². The number of primary sulfonamides is 1. The zero-order chi connectivity index (χ0) is 18.9. The summed E-state index contributed by atoms with van der Waals surface area (Å²) in [5, 5.41) is 10.6. The lowest BCUT2D eigenvalue weighted by molar-refractivity contribution is 0.597. The van der Waals surface area contributed by atoms with Crippen LogP contribution in [-0.2, 0) is 19.9 Å². The molecule has 0 saturated carbocycles. The molecule has 0 aliphatic heterocycles. The van der Waals surface area contributed by atoms with E-state index in [-0.39, 0.29) is 9.79 Å². The van der Waals surface area contributed by atoms with Crippen molar-refractivity contribution < 1.29 is 16.8 Å². The van der Waals surface area contributed by atoms with Gasteiger partial charge in [-0.15, -0.1) is 11.3 Å². The summed E-state index contributed by atoms with van der Waals surface area (Å²) in [4.78, 5) is 4.74. The van der Waals surface area contributed by atoms with Crippen LogP contribution in [0.2, 0.25) is 0 Å². The molecular weight excluding hydrogens is 394 g/mol. The molecule has 10 heteroatoms. The molecule has 1 heterocycles. The van der Waals surface area contributed by atoms with Gasteiger partial charge in [-0.25, -0.2) is 27.0 Å². The maximum atomic E-state index is 11.5. The van der Waals surface area contributed by atoms with E-state index < -0.39 is 19.9 Å². The molecule has 0 spiro atoms. The fourth-order valence-electron chi connectivity index (χ4n) is 2.19. The van der Waals surface area contributed by atoms with E-state index in [9.17, 15) is 16.8 Å². The van der Waals surface area contributed by atoms with Gasteiger partial charge in [0.1, 0.15) is 0 Å². The first-order valence-electron chi connectivity index (χ1n) is 7.29. The van der Waals surface area contributed by atoms with E-state index in [2.05, 4.69) is 10.3 Å². The van der Waals surface area contributed by atoms with Gasteiger partial charge in [0.25, 0.3) is 0 Å². The van der Waals surface area contributed by atoms with Crippen molar-refractivity contribution in [2.24, 2.45) is 5.14 Å². The van der Waals surface area contributed by atoms with Crippen molar-refractivity contribution in [3.63, 3.8) is 0 Å². The van der Waals surface area contributed by atoms with E-state index in [4.69, 9.17) is 5.14 Å². The van der Waals surface area contributed by atoms with Crippen LogP contribution in [0.25, 0.3) is 11.3 Å². The smallest absolute Gasteiger partial charge is 0.238 e. The third-order valence-electron chi connectivity index (χ3n) is 3.52. The molecule has 0 aliphatic carbocycles. The lowest BCUT2D eigenvalue weighted by Gasteiger charge is -2.04. The van der Waals surface area contributed by atoms with Crippen LogP contribution in [0.5, 0.6) is 0 Å². The largest absolute Gasteiger partial charge is 0.332 e. The molecule has 3 aromatic rings. The summed E-state index contributed by atoms with van der Waals surface area (Å²) in [5.41, 5.74) is 2.18. The standard InChI is InChI=1S/C16H15N3O4S3/c1-25(20,21)13-6-2-11(3-7-13)15-10-24-16(19-15)18-12-4-8-14(9-5-12)26(17,22)23/h2-10H,1H3,(H,18,19)(H2,17,22,23). The molecule has 0 atom stereocenters. The van der Waals surface area contributed by atoms with Crippen molar-refractivity contribution in [1.82, 2.24) is 4.98 Å². The fourth-order valence-corrected chi connectivity index (χ4v) is 4.07. The first kappa shape index (κ1) is 18.5. The first-order chi connectivity index (χ1) is 12.1. The molecule has 0 unspecified atom stereocenters. The minimum Gasteiger partial charge on any atom is -0.332 e. The van der Waals surface area contributed by atoms with Gasteiger partial charge in [-0.1, -0.05) is 12.1 Å². The number of benzene rings is 2. The fraction of sp³-hybridized carbons (Fsp3) is 0.0625. The molecule has 26 heavy (non-hydrogen) atoms. The van der Waals surface area contributed by atoms with Gasteiger partial charge in [0.05, 0.1) is 15.5 Å². The van der Waals surface area contributed by atoms with Crippen LogP contribution >= 0.6 is 11.3 Å². The van der Waals surface area contributed by atoms with Crippen LogP contribution < -0.4 is 10.5 Å². The van der Waals surface area contributed by atoms with Crippen LogP contribution in [0.1, 0.15) is 0 Å². The maximum absolute atomic E-state index is 11.5. The number of anilines is 2. The van der Waals surface area contributed by atoms with Crippen molar-refractivity contribution in [3.05, 3.63) is 53.9 Å². The number of hydrogen-bond acceptors (Lipinski definition) is 7. The molecule has 7 nitrogen and oxygen atoms in total. The Labute approximate surface area is 155 Å². The van der Waals surface area contributed by atoms with Crippen LogP contribution in [0.3, 0.4) is 0 Å². The molecule has 136 valence electrons. The Balaban J connectivity index is 1.78. The Kier molecular flexibility index (Phi) is 4.84. The quantitative estimate of drug-likeness (QED) is 0.668. The van der Waals surface area contributed by atoms with E-state index in [1.807, 2.05) is 5.38 Å². The van der Waals surface area contributed by atoms with Gasteiger partial charge in [-0.3, -0.25) is 0 Å². The highest BCUT2D eigenvalue weighted by atomic mass is 32.2. The number of sulfonamides is 1. The summed E-state index contributed by atoms with van der Waals surface area (Å²) in [6.07, 6.45) is 1.16. The first-order valence-corrected chi connectivity index (χ1v) is 11.6. The Morgan fingerprint density at radius 1 is 0.923 bits per heavy atom. The second-order valence-electron chi connectivity index (χ2n) is 5.53. The summed E-state index contributed by atoms with van der Waals surface area (Å²) in [5.74, 6) is 0. The van der Waals surface area contributed by atoms with Gasteiger partial charge in [0.15, 0.2) is 15.0 Å². The molecule has 0 fully saturated rings. The molecule has 0 radical (unpaired) electrons. The third kappa shape index (κ3) is 4.28. The van der Waals surface area contributed by atoms with Gasteiger partial charge < -0.3 is 5.32 Å². The van der Waals surface area contributed by atoms with E-state index in [1.165, 1.54) is 23.5 Å². The Hall–Kier alpha value is -2.27. The molecular formula is C16H15N3O4S3. The summed E-state index contributed by atoms with van der Waals surface area (Å²) in [7, 11) is -6.96. The minimum absolute atomic E-state index is 0.0360. The molecule has 0 aliphatic rings. The highest BCUT2D eigenvalue weighted by Gasteiger charge is 2.10. The Morgan fingerprint density at radius 3 is 2.04 bits per heavy atom. The number of nitrogens with zero attached hydrogens (tertiary/aromatic N) is 1. The summed E-state index contributed by atoms with van der Waals surface area (Å²) in [6, 6.07) is 12.5. The average Bonchev–Trinajstić information content (AvgIpc) is 3.02. The number of sulfone groups is 1. The van der Waals surface area contributed by atoms with E-state index in [1.54, 1.807) is 36.4 Å². The van der Waals surface area contributed by atoms with E-state index >= 15 is 0 Å². The number of hydrogen-bond donors (Lipinski definition) is 2. The molecule has 1 aromatic heterocycles. The van der Waals surface area contributed by atoms with Crippen molar-refractivity contribution >= 4 is 42.0 Å². The summed E-state index contributed by atoms with van der Waals surface area (Å²) < 4.78 is 45.5. The third-order valence-corrected chi connectivity index (χ3v) is 6.33. The van der Waals surface area contributed by atoms with Crippen molar-refractivity contribution in [3.8, 4) is 11.3 Å². The topological polar surface area (TPSA) is 119 Å². The van der Waals surface area contributed by atoms with Crippen molar-refractivity contribution in [1.29, 1.82) is 0 Å². The molecule has 3 rings (SSSR count). The zero-order valence-electron chi connectivity index (χ0n) is 13.6. The number of nitrogens with one attached hydrogen (secondary N) is 1. The predicted molar refractivity (Wildman–Crippen MR) is 102 cm³/mol. The van der Waals surface area contributed by atoms with Crippen molar-refractivity contribution in [2.45, 2.75) is 9.79 Å². The predicted octanol–water partition coefficient (Wildman–Crippen LogP) is 2.60. The number of nitrogens with two attached hydrogens (primary N) is 1. The lowest BCUT2D eigenvalue weighted by atomic mass is 10.2. The Morgan fingerprint density at radius 2 is 1.50 bits per heavy atom. The minimum atomic E-state index is -3.72. The SMILES string of the molecule is CS(=O)(=O)c1ccc(-c2csc(Nc3ccc(S(N)(=O)=O)cc3)n2)cc1. The highest BCUT2D eigenvalue weighted by Crippen LogP contribution is 2.28. The van der Waals surface area contributed by atoms with Crippen LogP contribution in [0, 0.1) is 0 Å². The van der Waals surface area contributed by atoms with E-state index in [0.717, 1.165) is 11.8 Å². The molecule has 0 bridgehead atoms. The Bertz CT molecular complexity index is 1130. The van der Waals surface area contributed by atoms with Gasteiger partial charge >= 0.3 is 0 Å². The average molecular weight is 410 g/mol.